The number of hydrogen-bond donors (Lipinski definition) is 1. The second-order valence-corrected chi connectivity index (χ2v) is 21.1. The van der Waals surface area contributed by atoms with Gasteiger partial charge in [-0.1, -0.05) is 52.5 Å². The molecule has 3 heterocycles. The van der Waals surface area contributed by atoms with Crippen molar-refractivity contribution in [3.63, 3.8) is 0 Å². The first-order valence-corrected chi connectivity index (χ1v) is 20.2. The summed E-state index contributed by atoms with van der Waals surface area (Å²) < 4.78 is 80.6. The fourth-order valence-corrected chi connectivity index (χ4v) is 7.65. The highest BCUT2D eigenvalue weighted by atomic mass is 32.2. The maximum Gasteiger partial charge on any atom is 0.267 e. The molecule has 0 saturated carbocycles. The first-order valence-electron chi connectivity index (χ1n) is 14.2. The van der Waals surface area contributed by atoms with Gasteiger partial charge in [0, 0.05) is 37.2 Å². The number of nitrogens with one attached hydrogen (secondary N) is 1. The van der Waals surface area contributed by atoms with E-state index in [2.05, 4.69) is 29.6 Å². The third-order valence-corrected chi connectivity index (χ3v) is 11.6. The van der Waals surface area contributed by atoms with Gasteiger partial charge in [0.2, 0.25) is 0 Å². The van der Waals surface area contributed by atoms with Crippen molar-refractivity contribution in [3.05, 3.63) is 77.4 Å². The quantitative estimate of drug-likeness (QED) is 0.119. The van der Waals surface area contributed by atoms with Crippen LogP contribution in [0.25, 0.3) is 32.9 Å². The van der Waals surface area contributed by atoms with Crippen molar-refractivity contribution in [2.24, 2.45) is 0 Å². The SMILES string of the molecule is CC(C)(C)c1nc(-c2cccc(NS(=O)(=O)c3c(F)cccc3F)c2F)c(-c2ncnc3c2ccn3COCC[Si](C)(C)C)s1. The Balaban J connectivity index is 1.57. The first-order chi connectivity index (χ1) is 21.1. The Hall–Kier alpha value is -3.59. The number of halogens is 3. The second-order valence-electron chi connectivity index (χ2n) is 12.9. The minimum absolute atomic E-state index is 0.00756. The van der Waals surface area contributed by atoms with Crippen molar-refractivity contribution >= 4 is 46.2 Å². The molecule has 0 saturated heterocycles. The molecule has 0 bridgehead atoms. The highest BCUT2D eigenvalue weighted by molar-refractivity contribution is 7.92. The van der Waals surface area contributed by atoms with Crippen LogP contribution in [-0.4, -0.2) is 42.6 Å². The van der Waals surface area contributed by atoms with Gasteiger partial charge in [-0.2, -0.15) is 0 Å². The Kier molecular flexibility index (Phi) is 8.97. The Labute approximate surface area is 265 Å². The van der Waals surface area contributed by atoms with Gasteiger partial charge in [-0.05, 0) is 36.4 Å². The third-order valence-electron chi connectivity index (χ3n) is 6.95. The number of rotatable bonds is 10. The molecular formula is C31H34F3N5O3S2Si. The average Bonchev–Trinajstić information content (AvgIpc) is 3.56. The molecule has 0 aliphatic carbocycles. The molecule has 238 valence electrons. The molecule has 8 nitrogen and oxygen atoms in total. The summed E-state index contributed by atoms with van der Waals surface area (Å²) in [5.74, 6) is -3.54. The number of hydrogen-bond acceptors (Lipinski definition) is 7. The van der Waals surface area contributed by atoms with E-state index in [-0.39, 0.29) is 11.3 Å². The van der Waals surface area contributed by atoms with Gasteiger partial charge >= 0.3 is 0 Å². The molecule has 5 rings (SSSR count). The van der Waals surface area contributed by atoms with Gasteiger partial charge in [0.1, 0.15) is 30.3 Å². The standard InChI is InChI=1S/C31H34F3N5O3S2Si/c1-31(2,3)30-37-26(19-9-7-12-23(24(19)34)38-44(40,41)28-21(32)10-8-11-22(28)33)27(43-30)25-20-13-14-39(29(20)36-17-35-25)18-42-15-16-45(4,5)6/h7-14,17,38H,15-16,18H2,1-6H3. The maximum atomic E-state index is 16.2. The Morgan fingerprint density at radius 3 is 2.33 bits per heavy atom. The van der Waals surface area contributed by atoms with Crippen LogP contribution in [0.4, 0.5) is 18.9 Å². The summed E-state index contributed by atoms with van der Waals surface area (Å²) in [5, 5.41) is 1.41. The number of sulfonamides is 1. The fourth-order valence-electron chi connectivity index (χ4n) is 4.54. The maximum absolute atomic E-state index is 16.2. The number of thiazole rings is 1. The molecule has 1 N–H and O–H groups in total. The molecular weight excluding hydrogens is 640 g/mol. The summed E-state index contributed by atoms with van der Waals surface area (Å²) in [6, 6.07) is 9.66. The lowest BCUT2D eigenvalue weighted by Crippen LogP contribution is -2.22. The van der Waals surface area contributed by atoms with E-state index in [1.165, 1.54) is 35.9 Å². The average molecular weight is 674 g/mol. The van der Waals surface area contributed by atoms with E-state index in [1.54, 1.807) is 0 Å². The molecule has 5 aromatic rings. The molecule has 0 radical (unpaired) electrons. The number of benzene rings is 2. The monoisotopic (exact) mass is 673 g/mol. The van der Waals surface area contributed by atoms with E-state index < -0.39 is 51.5 Å². The van der Waals surface area contributed by atoms with Gasteiger partial charge < -0.3 is 9.30 Å². The Morgan fingerprint density at radius 2 is 1.67 bits per heavy atom. The van der Waals surface area contributed by atoms with E-state index in [1.807, 2.05) is 42.3 Å². The minimum atomic E-state index is -4.81. The van der Waals surface area contributed by atoms with Crippen LogP contribution < -0.4 is 4.72 Å². The van der Waals surface area contributed by atoms with E-state index in [0.29, 0.717) is 39.9 Å². The zero-order chi connectivity index (χ0) is 32.7. The lowest BCUT2D eigenvalue weighted by atomic mass is 9.98. The molecule has 0 unspecified atom stereocenters. The molecule has 0 amide bonds. The predicted molar refractivity (Wildman–Crippen MR) is 174 cm³/mol. The van der Waals surface area contributed by atoms with Gasteiger partial charge in [-0.25, -0.2) is 36.5 Å². The molecule has 14 heteroatoms. The molecule has 0 aliphatic heterocycles. The summed E-state index contributed by atoms with van der Waals surface area (Å²) >= 11 is 1.35. The summed E-state index contributed by atoms with van der Waals surface area (Å²) in [5.41, 5.74) is 0.520. The van der Waals surface area contributed by atoms with E-state index in [0.717, 1.165) is 24.2 Å². The Morgan fingerprint density at radius 1 is 0.978 bits per heavy atom. The van der Waals surface area contributed by atoms with E-state index >= 15 is 4.39 Å². The van der Waals surface area contributed by atoms with Crippen molar-refractivity contribution < 1.29 is 26.3 Å². The normalized spacial score (nSPS) is 12.6. The van der Waals surface area contributed by atoms with Crippen LogP contribution in [-0.2, 0) is 26.9 Å². The highest BCUT2D eigenvalue weighted by Gasteiger charge is 2.29. The van der Waals surface area contributed by atoms with Crippen molar-refractivity contribution in [3.8, 4) is 21.8 Å². The molecule has 0 fully saturated rings. The van der Waals surface area contributed by atoms with Crippen molar-refractivity contribution in [1.29, 1.82) is 0 Å². The number of anilines is 1. The number of aromatic nitrogens is 4. The van der Waals surface area contributed by atoms with Crippen molar-refractivity contribution in [2.45, 2.75) is 63.5 Å². The van der Waals surface area contributed by atoms with Gasteiger partial charge in [0.15, 0.2) is 10.7 Å². The van der Waals surface area contributed by atoms with Crippen LogP contribution in [0, 0.1) is 17.5 Å². The number of ether oxygens (including phenoxy) is 1. The van der Waals surface area contributed by atoms with Gasteiger partial charge in [-0.3, -0.25) is 4.72 Å². The lowest BCUT2D eigenvalue weighted by molar-refractivity contribution is 0.0899. The van der Waals surface area contributed by atoms with Crippen LogP contribution in [0.3, 0.4) is 0 Å². The van der Waals surface area contributed by atoms with Crippen LogP contribution in [0.5, 0.6) is 0 Å². The molecule has 2 aromatic carbocycles. The van der Waals surface area contributed by atoms with Crippen LogP contribution >= 0.6 is 11.3 Å². The van der Waals surface area contributed by atoms with Crippen molar-refractivity contribution in [1.82, 2.24) is 19.5 Å². The topological polar surface area (TPSA) is 99.0 Å². The van der Waals surface area contributed by atoms with E-state index in [4.69, 9.17) is 9.72 Å². The minimum Gasteiger partial charge on any atom is -0.361 e. The summed E-state index contributed by atoms with van der Waals surface area (Å²) in [7, 11) is -6.06. The number of nitrogens with zero attached hydrogens (tertiary/aromatic N) is 4. The summed E-state index contributed by atoms with van der Waals surface area (Å²) in [6.07, 6.45) is 3.29. The molecule has 0 aliphatic rings. The smallest absolute Gasteiger partial charge is 0.267 e. The van der Waals surface area contributed by atoms with Gasteiger partial charge in [-0.15, -0.1) is 11.3 Å². The van der Waals surface area contributed by atoms with Crippen LogP contribution in [0.15, 0.2) is 59.9 Å². The zero-order valence-electron chi connectivity index (χ0n) is 25.8. The largest absolute Gasteiger partial charge is 0.361 e. The third kappa shape index (κ3) is 6.98. The summed E-state index contributed by atoms with van der Waals surface area (Å²) in [6.45, 7) is 13.8. The second kappa shape index (κ2) is 12.3. The molecule has 3 aromatic heterocycles. The van der Waals surface area contributed by atoms with Crippen LogP contribution in [0.2, 0.25) is 25.7 Å². The molecule has 0 spiro atoms. The molecule has 0 atom stereocenters. The predicted octanol–water partition coefficient (Wildman–Crippen LogP) is 8.05. The summed E-state index contributed by atoms with van der Waals surface area (Å²) in [4.78, 5) is 13.2. The lowest BCUT2D eigenvalue weighted by Gasteiger charge is -2.15. The van der Waals surface area contributed by atoms with Crippen molar-refractivity contribution in [2.75, 3.05) is 11.3 Å². The fraction of sp³-hybridized carbons (Fsp3) is 0.323. The zero-order valence-corrected chi connectivity index (χ0v) is 28.4. The van der Waals surface area contributed by atoms with Gasteiger partial charge in [0.05, 0.1) is 27.0 Å². The highest BCUT2D eigenvalue weighted by Crippen LogP contribution is 2.43. The Bertz CT molecular complexity index is 1960. The van der Waals surface area contributed by atoms with E-state index in [9.17, 15) is 17.2 Å². The number of fused-ring (bicyclic) bond motifs is 1. The van der Waals surface area contributed by atoms with Gasteiger partial charge in [0.25, 0.3) is 10.0 Å². The van der Waals surface area contributed by atoms with Crippen LogP contribution in [0.1, 0.15) is 25.8 Å². The first kappa shape index (κ1) is 32.8. The molecule has 45 heavy (non-hydrogen) atoms.